The molecule has 2 atom stereocenters. The van der Waals surface area contributed by atoms with Crippen LogP contribution in [0.1, 0.15) is 12.0 Å². The van der Waals surface area contributed by atoms with E-state index in [1.165, 1.54) is 16.7 Å². The first-order chi connectivity index (χ1) is 12.5. The minimum atomic E-state index is -1.57. The molecule has 2 unspecified atom stereocenters. The Labute approximate surface area is 155 Å². The number of hydrogen-bond acceptors (Lipinski definition) is 6. The molecule has 0 saturated carbocycles. The number of aryl methyl sites for hydroxylation is 1. The summed E-state index contributed by atoms with van der Waals surface area (Å²) in [5, 5.41) is 0. The van der Waals surface area contributed by atoms with Crippen LogP contribution >= 0.6 is 20.8 Å². The minimum absolute atomic E-state index is 0.231. The fraction of sp³-hybridized carbons (Fsp3) is 0.375. The Morgan fingerprint density at radius 1 is 1.46 bits per heavy atom. The molecule has 1 aliphatic heterocycles. The Kier molecular flexibility index (Phi) is 6.50. The third-order valence-electron chi connectivity index (χ3n) is 3.81. The number of aromatic nitrogens is 2. The third-order valence-corrected chi connectivity index (χ3v) is 5.09. The maximum absolute atomic E-state index is 13.2. The average molecular weight is 400 g/mol. The van der Waals surface area contributed by atoms with Crippen molar-refractivity contribution in [3.8, 4) is 5.75 Å². The Morgan fingerprint density at radius 2 is 2.31 bits per heavy atom. The number of nitrogens with zero attached hydrogens (tertiary/aromatic N) is 1. The van der Waals surface area contributed by atoms with Crippen molar-refractivity contribution >= 4 is 20.8 Å². The van der Waals surface area contributed by atoms with Gasteiger partial charge in [-0.25, -0.2) is 9.18 Å². The SMILES string of the molecule is COC(CCn1ccc(=S)[nH]c1=O)COP1OCc2cc(F)ccc2O1. The molecule has 0 saturated heterocycles. The molecule has 1 N–H and O–H groups in total. The molecule has 1 aromatic carbocycles. The number of rotatable bonds is 7. The molecule has 10 heteroatoms. The van der Waals surface area contributed by atoms with E-state index in [1.54, 1.807) is 25.4 Å². The highest BCUT2D eigenvalue weighted by atomic mass is 32.1. The van der Waals surface area contributed by atoms with Crippen LogP contribution < -0.4 is 10.2 Å². The minimum Gasteiger partial charge on any atom is -0.426 e. The van der Waals surface area contributed by atoms with Crippen LogP contribution in [-0.4, -0.2) is 29.4 Å². The Morgan fingerprint density at radius 3 is 3.08 bits per heavy atom. The summed E-state index contributed by atoms with van der Waals surface area (Å²) >= 11 is 4.91. The smallest absolute Gasteiger partial charge is 0.397 e. The molecule has 2 aromatic rings. The number of hydrogen-bond donors (Lipinski definition) is 1. The van der Waals surface area contributed by atoms with Crippen LogP contribution in [0.25, 0.3) is 0 Å². The molecular formula is C16H18FN2O5PS. The topological polar surface area (TPSA) is 74.7 Å². The molecule has 0 radical (unpaired) electrons. The van der Waals surface area contributed by atoms with E-state index in [9.17, 15) is 9.18 Å². The zero-order chi connectivity index (χ0) is 18.5. The molecule has 0 fully saturated rings. The van der Waals surface area contributed by atoms with Crippen molar-refractivity contribution in [3.63, 3.8) is 0 Å². The van der Waals surface area contributed by atoms with Crippen molar-refractivity contribution in [1.29, 1.82) is 0 Å². The van der Waals surface area contributed by atoms with Gasteiger partial charge in [-0.2, -0.15) is 0 Å². The molecule has 26 heavy (non-hydrogen) atoms. The van der Waals surface area contributed by atoms with Gasteiger partial charge in [0.2, 0.25) is 0 Å². The molecule has 140 valence electrons. The van der Waals surface area contributed by atoms with E-state index < -0.39 is 8.60 Å². The number of methoxy groups -OCH3 is 1. The fourth-order valence-corrected chi connectivity index (χ4v) is 3.56. The lowest BCUT2D eigenvalue weighted by atomic mass is 10.2. The van der Waals surface area contributed by atoms with Crippen LogP contribution in [0, 0.1) is 10.5 Å². The van der Waals surface area contributed by atoms with Crippen LogP contribution in [0.3, 0.4) is 0 Å². The number of ether oxygens (including phenoxy) is 1. The summed E-state index contributed by atoms with van der Waals surface area (Å²) in [6.07, 6.45) is 1.96. The highest BCUT2D eigenvalue weighted by Gasteiger charge is 2.25. The van der Waals surface area contributed by atoms with Gasteiger partial charge in [-0.1, -0.05) is 12.2 Å². The van der Waals surface area contributed by atoms with E-state index >= 15 is 0 Å². The van der Waals surface area contributed by atoms with E-state index in [0.29, 0.717) is 28.9 Å². The molecule has 7 nitrogen and oxygen atoms in total. The first kappa shape index (κ1) is 19.1. The zero-order valence-corrected chi connectivity index (χ0v) is 15.7. The molecule has 1 aliphatic rings. The zero-order valence-electron chi connectivity index (χ0n) is 14.0. The monoisotopic (exact) mass is 400 g/mol. The predicted octanol–water partition coefficient (Wildman–Crippen LogP) is 3.30. The predicted molar refractivity (Wildman–Crippen MR) is 96.0 cm³/mol. The van der Waals surface area contributed by atoms with Gasteiger partial charge in [0.05, 0.1) is 19.3 Å². The third kappa shape index (κ3) is 4.96. The summed E-state index contributed by atoms with van der Waals surface area (Å²) in [5.41, 5.74) is 0.386. The van der Waals surface area contributed by atoms with Crippen molar-refractivity contribution in [3.05, 3.63) is 57.0 Å². The van der Waals surface area contributed by atoms with Crippen LogP contribution in [0.15, 0.2) is 35.3 Å². The van der Waals surface area contributed by atoms with Crippen molar-refractivity contribution in [2.75, 3.05) is 13.7 Å². The highest BCUT2D eigenvalue weighted by Crippen LogP contribution is 2.47. The van der Waals surface area contributed by atoms with Crippen molar-refractivity contribution in [2.45, 2.75) is 25.7 Å². The largest absolute Gasteiger partial charge is 0.426 e. The quantitative estimate of drug-likeness (QED) is 0.568. The van der Waals surface area contributed by atoms with Crippen molar-refractivity contribution in [2.24, 2.45) is 0 Å². The molecule has 3 rings (SSSR count). The average Bonchev–Trinajstić information content (AvgIpc) is 2.63. The number of benzene rings is 1. The van der Waals surface area contributed by atoms with Crippen LogP contribution in [0.5, 0.6) is 5.75 Å². The number of halogens is 1. The highest BCUT2D eigenvalue weighted by molar-refractivity contribution is 7.71. The standard InChI is InChI=1S/C16H18FN2O5PS/c1-21-13(4-6-19-7-5-15(26)18-16(19)20)10-23-25-22-9-11-8-12(17)2-3-14(11)24-25/h2-3,5,7-8,13H,4,6,9-10H2,1H3,(H,18,20,26). The Bertz CT molecular complexity index is 874. The first-order valence-electron chi connectivity index (χ1n) is 7.90. The molecule has 2 heterocycles. The normalized spacial score (nSPS) is 17.4. The van der Waals surface area contributed by atoms with E-state index in [2.05, 4.69) is 4.98 Å². The Hall–Kier alpha value is -1.64. The van der Waals surface area contributed by atoms with Gasteiger partial charge in [-0.3, -0.25) is 14.0 Å². The van der Waals surface area contributed by atoms with Gasteiger partial charge < -0.3 is 13.8 Å². The van der Waals surface area contributed by atoms with E-state index in [0.717, 1.165) is 0 Å². The van der Waals surface area contributed by atoms with Gasteiger partial charge in [0.1, 0.15) is 16.2 Å². The van der Waals surface area contributed by atoms with Gasteiger partial charge in [-0.15, -0.1) is 0 Å². The summed E-state index contributed by atoms with van der Waals surface area (Å²) < 4.78 is 37.2. The number of H-pyrrole nitrogens is 1. The summed E-state index contributed by atoms with van der Waals surface area (Å²) in [7, 11) is -0.0000439. The molecule has 0 amide bonds. The maximum atomic E-state index is 13.2. The van der Waals surface area contributed by atoms with Gasteiger partial charge >= 0.3 is 14.3 Å². The second kappa shape index (κ2) is 8.83. The first-order valence-corrected chi connectivity index (χ1v) is 9.40. The summed E-state index contributed by atoms with van der Waals surface area (Å²) in [4.78, 5) is 14.4. The fourth-order valence-electron chi connectivity index (χ4n) is 2.36. The second-order valence-electron chi connectivity index (χ2n) is 5.59. The Balaban J connectivity index is 1.50. The van der Waals surface area contributed by atoms with E-state index in [-0.39, 0.29) is 30.8 Å². The lowest BCUT2D eigenvalue weighted by Crippen LogP contribution is -2.26. The summed E-state index contributed by atoms with van der Waals surface area (Å²) in [6, 6.07) is 5.93. The van der Waals surface area contributed by atoms with Crippen molar-refractivity contribution < 1.29 is 22.7 Å². The van der Waals surface area contributed by atoms with Gasteiger partial charge in [0.25, 0.3) is 0 Å². The molecule has 0 aliphatic carbocycles. The molecular weight excluding hydrogens is 382 g/mol. The van der Waals surface area contributed by atoms with E-state index in [1.807, 2.05) is 0 Å². The number of aromatic amines is 1. The number of fused-ring (bicyclic) bond motifs is 1. The second-order valence-corrected chi connectivity index (χ2v) is 7.17. The van der Waals surface area contributed by atoms with E-state index in [4.69, 9.17) is 30.5 Å². The maximum Gasteiger partial charge on any atom is 0.397 e. The molecule has 0 spiro atoms. The molecule has 1 aromatic heterocycles. The lowest BCUT2D eigenvalue weighted by molar-refractivity contribution is 0.0399. The summed E-state index contributed by atoms with van der Waals surface area (Å²) in [5.74, 6) is 0.225. The van der Waals surface area contributed by atoms with Gasteiger partial charge in [-0.05, 0) is 30.7 Å². The van der Waals surface area contributed by atoms with Crippen molar-refractivity contribution in [1.82, 2.24) is 9.55 Å². The van der Waals surface area contributed by atoms with Gasteiger partial charge in [0, 0.05) is 25.4 Å². The summed E-state index contributed by atoms with van der Waals surface area (Å²) in [6.45, 7) is 0.931. The van der Waals surface area contributed by atoms with Crippen LogP contribution in [-0.2, 0) is 26.9 Å². The molecule has 0 bridgehead atoms. The number of nitrogens with one attached hydrogen (secondary N) is 1. The van der Waals surface area contributed by atoms with Gasteiger partial charge in [0.15, 0.2) is 0 Å². The van der Waals surface area contributed by atoms with Crippen LogP contribution in [0.4, 0.5) is 4.39 Å². The lowest BCUT2D eigenvalue weighted by Gasteiger charge is -2.25. The van der Waals surface area contributed by atoms with Crippen LogP contribution in [0.2, 0.25) is 0 Å².